The van der Waals surface area contributed by atoms with E-state index in [9.17, 15) is 18.7 Å². The van der Waals surface area contributed by atoms with Crippen LogP contribution in [0.3, 0.4) is 0 Å². The molecule has 1 aliphatic heterocycles. The second-order valence-corrected chi connectivity index (χ2v) is 6.79. The molecular weight excluding hydrogens is 358 g/mol. The first-order chi connectivity index (χ1) is 12.5. The third-order valence-electron chi connectivity index (χ3n) is 4.07. The molecule has 2 aromatic carbocycles. The Morgan fingerprint density at radius 2 is 1.96 bits per heavy atom. The van der Waals surface area contributed by atoms with E-state index in [4.69, 9.17) is 0 Å². The summed E-state index contributed by atoms with van der Waals surface area (Å²) in [5.74, 6) is -1.62. The normalized spacial score (nSPS) is 13.5. The van der Waals surface area contributed by atoms with Crippen LogP contribution in [0.2, 0.25) is 0 Å². The maximum absolute atomic E-state index is 13.6. The summed E-state index contributed by atoms with van der Waals surface area (Å²) >= 11 is 0.850. The highest BCUT2D eigenvalue weighted by molar-refractivity contribution is 7.10. The van der Waals surface area contributed by atoms with Gasteiger partial charge in [-0.1, -0.05) is 23.5 Å². The lowest BCUT2D eigenvalue weighted by Gasteiger charge is -2.08. The van der Waals surface area contributed by atoms with Crippen molar-refractivity contribution in [2.75, 3.05) is 0 Å². The molecule has 0 radical (unpaired) electrons. The van der Waals surface area contributed by atoms with Crippen LogP contribution in [0.15, 0.2) is 46.2 Å². The standard InChI is InChI=1S/C19H12F2N2O2S/c20-11-6-10(7-12(21)9-11)8-15(17-18(24)23-19(25)26-17)13-2-1-3-16-14(13)4-5-22-16/h1-7,9,24H,8H2,(H,23,25). The number of benzene rings is 2. The Hall–Kier alpha value is -3.06. The third-order valence-corrected chi connectivity index (χ3v) is 5.00. The number of H-pyrrole nitrogens is 1. The van der Waals surface area contributed by atoms with Crippen LogP contribution in [0.1, 0.15) is 10.4 Å². The van der Waals surface area contributed by atoms with Crippen molar-refractivity contribution in [3.63, 3.8) is 0 Å². The maximum atomic E-state index is 13.6. The zero-order valence-electron chi connectivity index (χ0n) is 13.3. The van der Waals surface area contributed by atoms with Gasteiger partial charge in [0.05, 0.1) is 10.6 Å². The molecule has 0 bridgehead atoms. The first-order valence-electron chi connectivity index (χ1n) is 7.75. The van der Waals surface area contributed by atoms with Crippen molar-refractivity contribution in [3.05, 3.63) is 78.6 Å². The molecule has 0 saturated heterocycles. The molecule has 130 valence electrons. The molecule has 2 heterocycles. The first kappa shape index (κ1) is 16.4. The number of fused-ring (bicyclic) bond motifs is 1. The van der Waals surface area contributed by atoms with Gasteiger partial charge in [-0.15, -0.1) is 0 Å². The molecule has 0 saturated carbocycles. The van der Waals surface area contributed by atoms with Gasteiger partial charge in [-0.05, 0) is 47.1 Å². The molecule has 26 heavy (non-hydrogen) atoms. The van der Waals surface area contributed by atoms with Crippen LogP contribution in [0.5, 0.6) is 5.88 Å². The van der Waals surface area contributed by atoms with Gasteiger partial charge in [0.2, 0.25) is 5.88 Å². The van der Waals surface area contributed by atoms with E-state index in [0.29, 0.717) is 16.0 Å². The predicted molar refractivity (Wildman–Crippen MR) is 97.5 cm³/mol. The lowest BCUT2D eigenvalue weighted by Crippen LogP contribution is -2.27. The fourth-order valence-corrected chi connectivity index (χ4v) is 3.82. The summed E-state index contributed by atoms with van der Waals surface area (Å²) < 4.78 is 27.2. The topological polar surface area (TPSA) is 65.5 Å². The summed E-state index contributed by atoms with van der Waals surface area (Å²) in [4.78, 5) is 18.2. The Morgan fingerprint density at radius 1 is 1.19 bits per heavy atom. The van der Waals surface area contributed by atoms with E-state index in [1.54, 1.807) is 6.21 Å². The largest absolute Gasteiger partial charge is 0.493 e. The second-order valence-electron chi connectivity index (χ2n) is 5.81. The number of aromatic amines is 1. The zero-order valence-corrected chi connectivity index (χ0v) is 14.1. The molecule has 0 atom stereocenters. The van der Waals surface area contributed by atoms with Gasteiger partial charge in [-0.3, -0.25) is 14.8 Å². The van der Waals surface area contributed by atoms with Crippen LogP contribution < -0.4 is 15.3 Å². The van der Waals surface area contributed by atoms with Gasteiger partial charge in [-0.2, -0.15) is 0 Å². The van der Waals surface area contributed by atoms with Crippen LogP contribution in [0.4, 0.5) is 14.5 Å². The molecule has 0 amide bonds. The van der Waals surface area contributed by atoms with E-state index in [0.717, 1.165) is 33.5 Å². The summed E-state index contributed by atoms with van der Waals surface area (Å²) in [6, 6.07) is 8.76. The summed E-state index contributed by atoms with van der Waals surface area (Å²) in [5.41, 5.74) is 1.75. The fraction of sp³-hybridized carbons (Fsp3) is 0.0526. The SMILES string of the molecule is O=c1[nH]c(O)c(C(Cc2cc(F)cc(F)c2)=c2cccc3c2=CC=N3)s1. The fourth-order valence-electron chi connectivity index (χ4n) is 3.04. The predicted octanol–water partition coefficient (Wildman–Crippen LogP) is 2.36. The molecule has 0 unspecified atom stereocenters. The Balaban J connectivity index is 2.01. The Labute approximate surface area is 150 Å². The van der Waals surface area contributed by atoms with Crippen molar-refractivity contribution in [3.8, 4) is 5.88 Å². The van der Waals surface area contributed by atoms with Gasteiger partial charge in [-0.25, -0.2) is 8.78 Å². The van der Waals surface area contributed by atoms with Crippen LogP contribution in [-0.2, 0) is 6.42 Å². The summed E-state index contributed by atoms with van der Waals surface area (Å²) in [5, 5.41) is 11.7. The minimum Gasteiger partial charge on any atom is -0.493 e. The Kier molecular flexibility index (Phi) is 4.00. The van der Waals surface area contributed by atoms with Crippen molar-refractivity contribution in [1.82, 2.24) is 4.98 Å². The van der Waals surface area contributed by atoms with Gasteiger partial charge < -0.3 is 5.11 Å². The summed E-state index contributed by atoms with van der Waals surface area (Å²) in [7, 11) is 0. The Bertz CT molecular complexity index is 1200. The number of nitrogens with zero attached hydrogens (tertiary/aromatic N) is 1. The third kappa shape index (κ3) is 2.97. The van der Waals surface area contributed by atoms with E-state index in [1.807, 2.05) is 24.3 Å². The highest BCUT2D eigenvalue weighted by Gasteiger charge is 2.16. The molecular formula is C19H12F2N2O2S. The first-order valence-corrected chi connectivity index (χ1v) is 8.57. The number of hydrogen-bond acceptors (Lipinski definition) is 4. The number of rotatable bonds is 3. The molecule has 0 fully saturated rings. The quantitative estimate of drug-likeness (QED) is 0.743. The minimum atomic E-state index is -0.681. The molecule has 1 aromatic heterocycles. The van der Waals surface area contributed by atoms with E-state index in [-0.39, 0.29) is 12.3 Å². The minimum absolute atomic E-state index is 0.139. The molecule has 4 rings (SSSR count). The average molecular weight is 370 g/mol. The number of aromatic nitrogens is 1. The van der Waals surface area contributed by atoms with E-state index < -0.39 is 16.5 Å². The lowest BCUT2D eigenvalue weighted by atomic mass is 9.99. The molecule has 7 heteroatoms. The summed E-state index contributed by atoms with van der Waals surface area (Å²) in [6.45, 7) is 0. The number of nitrogens with one attached hydrogen (secondary N) is 1. The summed E-state index contributed by atoms with van der Waals surface area (Å²) in [6.07, 6.45) is 3.62. The maximum Gasteiger partial charge on any atom is 0.307 e. The average Bonchev–Trinajstić information content (AvgIpc) is 3.17. The molecule has 2 N–H and O–H groups in total. The van der Waals surface area contributed by atoms with Gasteiger partial charge >= 0.3 is 4.87 Å². The van der Waals surface area contributed by atoms with Crippen molar-refractivity contribution >= 4 is 34.9 Å². The van der Waals surface area contributed by atoms with Crippen LogP contribution in [-0.4, -0.2) is 16.3 Å². The van der Waals surface area contributed by atoms with Crippen LogP contribution in [0, 0.1) is 11.6 Å². The highest BCUT2D eigenvalue weighted by atomic mass is 32.1. The van der Waals surface area contributed by atoms with Crippen molar-refractivity contribution in [2.24, 2.45) is 4.99 Å². The Morgan fingerprint density at radius 3 is 2.65 bits per heavy atom. The van der Waals surface area contributed by atoms with Crippen molar-refractivity contribution in [1.29, 1.82) is 0 Å². The highest BCUT2D eigenvalue weighted by Crippen LogP contribution is 2.27. The van der Waals surface area contributed by atoms with Crippen LogP contribution >= 0.6 is 11.3 Å². The number of aromatic hydroxyl groups is 1. The van der Waals surface area contributed by atoms with Gasteiger partial charge in [0, 0.05) is 17.5 Å². The van der Waals surface area contributed by atoms with Gasteiger partial charge in [0.25, 0.3) is 0 Å². The number of aliphatic imine (C=N–C) groups is 1. The van der Waals surface area contributed by atoms with Crippen LogP contribution in [0.25, 0.3) is 11.6 Å². The number of halogens is 2. The zero-order chi connectivity index (χ0) is 18.3. The smallest absolute Gasteiger partial charge is 0.307 e. The number of hydrogen-bond donors (Lipinski definition) is 2. The van der Waals surface area contributed by atoms with E-state index in [1.165, 1.54) is 12.1 Å². The van der Waals surface area contributed by atoms with Crippen molar-refractivity contribution in [2.45, 2.75) is 6.42 Å². The van der Waals surface area contributed by atoms with Gasteiger partial charge in [0.15, 0.2) is 0 Å². The molecule has 4 nitrogen and oxygen atoms in total. The molecule has 1 aliphatic rings. The van der Waals surface area contributed by atoms with Gasteiger partial charge in [0.1, 0.15) is 11.6 Å². The van der Waals surface area contributed by atoms with E-state index >= 15 is 0 Å². The molecule has 3 aromatic rings. The second kappa shape index (κ2) is 6.34. The molecule has 0 aliphatic carbocycles. The monoisotopic (exact) mass is 370 g/mol. The van der Waals surface area contributed by atoms with Crippen molar-refractivity contribution < 1.29 is 13.9 Å². The number of thiazole rings is 1. The molecule has 0 spiro atoms. The lowest BCUT2D eigenvalue weighted by molar-refractivity contribution is 0.454. The van der Waals surface area contributed by atoms with E-state index in [2.05, 4.69) is 9.98 Å².